The van der Waals surface area contributed by atoms with Gasteiger partial charge in [0, 0.05) is 38.9 Å². The van der Waals surface area contributed by atoms with E-state index in [1.807, 2.05) is 0 Å². The number of ether oxygens (including phenoxy) is 1. The van der Waals surface area contributed by atoms with Gasteiger partial charge in [-0.2, -0.15) is 4.31 Å². The molecule has 0 radical (unpaired) electrons. The lowest BCUT2D eigenvalue weighted by Gasteiger charge is -2.34. The fourth-order valence-electron chi connectivity index (χ4n) is 2.29. The number of hydrogen-bond donors (Lipinski definition) is 0. The van der Waals surface area contributed by atoms with Crippen molar-refractivity contribution < 1.29 is 22.3 Å². The molecule has 6 nitrogen and oxygen atoms in total. The average Bonchev–Trinajstić information content (AvgIpc) is 2.52. The van der Waals surface area contributed by atoms with Crippen LogP contribution in [0.15, 0.2) is 24.3 Å². The SMILES string of the molecule is COCCS(=O)(=O)N1CCN(C(=O)c2cccc(F)c2)CC1. The number of carbonyl (C=O) groups is 1. The number of amides is 1. The number of carbonyl (C=O) groups excluding carboxylic acids is 1. The van der Waals surface area contributed by atoms with Crippen molar-refractivity contribution in [3.05, 3.63) is 35.6 Å². The van der Waals surface area contributed by atoms with Crippen molar-refractivity contribution in [3.8, 4) is 0 Å². The molecule has 22 heavy (non-hydrogen) atoms. The number of nitrogens with zero attached hydrogens (tertiary/aromatic N) is 2. The molecule has 0 saturated carbocycles. The summed E-state index contributed by atoms with van der Waals surface area (Å²) in [6.45, 7) is 1.22. The Bertz CT molecular complexity index is 627. The second kappa shape index (κ2) is 7.17. The number of halogens is 1. The zero-order valence-electron chi connectivity index (χ0n) is 12.4. The van der Waals surface area contributed by atoms with Crippen LogP contribution in [0, 0.1) is 5.82 Å². The largest absolute Gasteiger partial charge is 0.384 e. The van der Waals surface area contributed by atoms with E-state index < -0.39 is 15.8 Å². The highest BCUT2D eigenvalue weighted by Gasteiger charge is 2.28. The summed E-state index contributed by atoms with van der Waals surface area (Å²) in [6, 6.07) is 5.49. The van der Waals surface area contributed by atoms with E-state index in [1.165, 1.54) is 34.5 Å². The van der Waals surface area contributed by atoms with Gasteiger partial charge in [-0.1, -0.05) is 6.07 Å². The molecule has 0 unspecified atom stereocenters. The lowest BCUT2D eigenvalue weighted by molar-refractivity contribution is 0.0697. The zero-order chi connectivity index (χ0) is 16.2. The third-order valence-corrected chi connectivity index (χ3v) is 5.37. The molecule has 0 N–H and O–H groups in total. The van der Waals surface area contributed by atoms with E-state index in [4.69, 9.17) is 4.74 Å². The summed E-state index contributed by atoms with van der Waals surface area (Å²) in [5.41, 5.74) is 0.274. The number of hydrogen-bond acceptors (Lipinski definition) is 4. The first-order valence-corrected chi connectivity index (χ1v) is 8.56. The van der Waals surface area contributed by atoms with E-state index in [-0.39, 0.29) is 36.9 Å². The van der Waals surface area contributed by atoms with E-state index in [9.17, 15) is 17.6 Å². The van der Waals surface area contributed by atoms with Crippen molar-refractivity contribution in [1.29, 1.82) is 0 Å². The minimum atomic E-state index is -3.36. The number of sulfonamides is 1. The third kappa shape index (κ3) is 4.02. The van der Waals surface area contributed by atoms with Gasteiger partial charge in [0.25, 0.3) is 5.91 Å². The Morgan fingerprint density at radius 2 is 1.95 bits per heavy atom. The molecule has 1 aromatic rings. The van der Waals surface area contributed by atoms with Gasteiger partial charge in [0.15, 0.2) is 0 Å². The second-order valence-corrected chi connectivity index (χ2v) is 7.10. The van der Waals surface area contributed by atoms with E-state index in [1.54, 1.807) is 6.07 Å². The van der Waals surface area contributed by atoms with Crippen LogP contribution in [0.3, 0.4) is 0 Å². The summed E-state index contributed by atoms with van der Waals surface area (Å²) in [5, 5.41) is 0. The number of benzene rings is 1. The number of methoxy groups -OCH3 is 1. The van der Waals surface area contributed by atoms with Crippen LogP contribution in [0.4, 0.5) is 4.39 Å². The van der Waals surface area contributed by atoms with Crippen LogP contribution in [0.2, 0.25) is 0 Å². The third-order valence-electron chi connectivity index (χ3n) is 3.54. The topological polar surface area (TPSA) is 66.9 Å². The first kappa shape index (κ1) is 16.9. The quantitative estimate of drug-likeness (QED) is 0.791. The molecule has 0 aromatic heterocycles. The van der Waals surface area contributed by atoms with Gasteiger partial charge in [0.05, 0.1) is 12.4 Å². The maximum absolute atomic E-state index is 13.2. The van der Waals surface area contributed by atoms with E-state index in [0.29, 0.717) is 13.1 Å². The van der Waals surface area contributed by atoms with Gasteiger partial charge in [0.2, 0.25) is 10.0 Å². The van der Waals surface area contributed by atoms with Gasteiger partial charge in [-0.25, -0.2) is 12.8 Å². The monoisotopic (exact) mass is 330 g/mol. The van der Waals surface area contributed by atoms with E-state index in [2.05, 4.69) is 0 Å². The Morgan fingerprint density at radius 3 is 2.55 bits per heavy atom. The van der Waals surface area contributed by atoms with E-state index >= 15 is 0 Å². The van der Waals surface area contributed by atoms with Crippen LogP contribution < -0.4 is 0 Å². The lowest BCUT2D eigenvalue weighted by Crippen LogP contribution is -2.51. The molecule has 1 amide bonds. The molecule has 0 aliphatic carbocycles. The average molecular weight is 330 g/mol. The lowest BCUT2D eigenvalue weighted by atomic mass is 10.2. The summed E-state index contributed by atoms with van der Waals surface area (Å²) in [4.78, 5) is 13.8. The second-order valence-electron chi connectivity index (χ2n) is 5.01. The Morgan fingerprint density at radius 1 is 1.27 bits per heavy atom. The molecule has 1 saturated heterocycles. The van der Waals surface area contributed by atoms with Gasteiger partial charge < -0.3 is 9.64 Å². The fraction of sp³-hybridized carbons (Fsp3) is 0.500. The highest BCUT2D eigenvalue weighted by atomic mass is 32.2. The van der Waals surface area contributed by atoms with Crippen molar-refractivity contribution >= 4 is 15.9 Å². The smallest absolute Gasteiger partial charge is 0.254 e. The molecule has 0 spiro atoms. The Labute approximate surface area is 129 Å². The minimum absolute atomic E-state index is 0.0681. The maximum Gasteiger partial charge on any atom is 0.254 e. The van der Waals surface area contributed by atoms with Crippen LogP contribution in [0.5, 0.6) is 0 Å². The molecule has 1 aliphatic rings. The van der Waals surface area contributed by atoms with Gasteiger partial charge >= 0.3 is 0 Å². The summed E-state index contributed by atoms with van der Waals surface area (Å²) in [7, 11) is -1.91. The number of rotatable bonds is 5. The Kier molecular flexibility index (Phi) is 5.49. The van der Waals surface area contributed by atoms with Crippen LogP contribution in [-0.4, -0.2) is 69.2 Å². The molecule has 122 valence electrons. The predicted molar refractivity (Wildman–Crippen MR) is 79.5 cm³/mol. The first-order valence-electron chi connectivity index (χ1n) is 6.95. The highest BCUT2D eigenvalue weighted by molar-refractivity contribution is 7.89. The summed E-state index contributed by atoms with van der Waals surface area (Å²) in [6.07, 6.45) is 0. The zero-order valence-corrected chi connectivity index (χ0v) is 13.2. The van der Waals surface area contributed by atoms with Gasteiger partial charge in [-0.05, 0) is 18.2 Å². The first-order chi connectivity index (χ1) is 10.4. The van der Waals surface area contributed by atoms with Gasteiger partial charge in [-0.15, -0.1) is 0 Å². The molecule has 1 heterocycles. The fourth-order valence-corrected chi connectivity index (χ4v) is 3.65. The van der Waals surface area contributed by atoms with Crippen molar-refractivity contribution in [2.45, 2.75) is 0 Å². The highest BCUT2D eigenvalue weighted by Crippen LogP contribution is 2.12. The van der Waals surface area contributed by atoms with Gasteiger partial charge in [-0.3, -0.25) is 4.79 Å². The van der Waals surface area contributed by atoms with Crippen molar-refractivity contribution in [2.24, 2.45) is 0 Å². The molecule has 1 aliphatic heterocycles. The van der Waals surface area contributed by atoms with Crippen molar-refractivity contribution in [2.75, 3.05) is 45.6 Å². The van der Waals surface area contributed by atoms with Crippen molar-refractivity contribution in [1.82, 2.24) is 9.21 Å². The molecular formula is C14H19FN2O4S. The van der Waals surface area contributed by atoms with Crippen LogP contribution in [0.1, 0.15) is 10.4 Å². The molecule has 0 bridgehead atoms. The van der Waals surface area contributed by atoms with Crippen LogP contribution in [0.25, 0.3) is 0 Å². The summed E-state index contributed by atoms with van der Waals surface area (Å²) in [5.74, 6) is -0.818. The maximum atomic E-state index is 13.2. The van der Waals surface area contributed by atoms with Crippen LogP contribution in [-0.2, 0) is 14.8 Å². The number of piperazine rings is 1. The predicted octanol–water partition coefficient (Wildman–Crippen LogP) is 0.560. The summed E-state index contributed by atoms with van der Waals surface area (Å²) < 4.78 is 43.4. The standard InChI is InChI=1S/C14H19FN2O4S/c1-21-9-10-22(19,20)17-7-5-16(6-8-17)14(18)12-3-2-4-13(15)11-12/h2-4,11H,5-10H2,1H3. The molecule has 2 rings (SSSR count). The molecule has 1 fully saturated rings. The normalized spacial score (nSPS) is 16.7. The minimum Gasteiger partial charge on any atom is -0.384 e. The van der Waals surface area contributed by atoms with Gasteiger partial charge in [0.1, 0.15) is 5.82 Å². The van der Waals surface area contributed by atoms with Crippen molar-refractivity contribution in [3.63, 3.8) is 0 Å². The van der Waals surface area contributed by atoms with Crippen LogP contribution >= 0.6 is 0 Å². The molecule has 1 aromatic carbocycles. The Balaban J connectivity index is 1.96. The molecule has 8 heteroatoms. The summed E-state index contributed by atoms with van der Waals surface area (Å²) >= 11 is 0. The Hall–Kier alpha value is -1.51. The van der Waals surface area contributed by atoms with E-state index in [0.717, 1.165) is 0 Å². The molecule has 0 atom stereocenters. The molecular weight excluding hydrogens is 311 g/mol.